The van der Waals surface area contributed by atoms with Gasteiger partial charge in [0, 0.05) is 6.20 Å². The van der Waals surface area contributed by atoms with Crippen molar-refractivity contribution in [1.29, 1.82) is 0 Å². The average molecular weight is 273 g/mol. The van der Waals surface area contributed by atoms with Crippen molar-refractivity contribution in [3.63, 3.8) is 0 Å². The molecule has 17 heavy (non-hydrogen) atoms. The molecule has 0 aromatic carbocycles. The van der Waals surface area contributed by atoms with Crippen molar-refractivity contribution in [2.24, 2.45) is 0 Å². The first-order chi connectivity index (χ1) is 7.99. The lowest BCUT2D eigenvalue weighted by Gasteiger charge is -2.00. The van der Waals surface area contributed by atoms with Crippen LogP contribution in [0, 0.1) is 6.92 Å². The second kappa shape index (κ2) is 4.31. The Morgan fingerprint density at radius 3 is 2.65 bits per heavy atom. The van der Waals surface area contributed by atoms with Crippen LogP contribution in [-0.4, -0.2) is 31.1 Å². The molecule has 2 aromatic rings. The van der Waals surface area contributed by atoms with E-state index in [9.17, 15) is 4.79 Å². The second-order valence-electron chi connectivity index (χ2n) is 3.19. The molecule has 0 aliphatic carbocycles. The molecule has 88 valence electrons. The van der Waals surface area contributed by atoms with E-state index in [0.29, 0.717) is 5.02 Å². The molecule has 1 N–H and O–H groups in total. The lowest BCUT2D eigenvalue weighted by molar-refractivity contribution is 0.0689. The minimum atomic E-state index is -1.15. The maximum absolute atomic E-state index is 10.8. The molecule has 0 unspecified atom stereocenters. The number of hydrogen-bond donors (Lipinski definition) is 1. The highest BCUT2D eigenvalue weighted by molar-refractivity contribution is 6.35. The molecular formula is C9H6Cl2N4O2. The Hall–Kier alpha value is -1.66. The van der Waals surface area contributed by atoms with Crippen LogP contribution >= 0.6 is 23.2 Å². The quantitative estimate of drug-likeness (QED) is 0.904. The Balaban J connectivity index is 2.53. The Labute approximate surface area is 106 Å². The van der Waals surface area contributed by atoms with Crippen LogP contribution in [0.5, 0.6) is 0 Å². The topological polar surface area (TPSA) is 80.9 Å². The first kappa shape index (κ1) is 11.8. The summed E-state index contributed by atoms with van der Waals surface area (Å²) in [6.45, 7) is 1.54. The van der Waals surface area contributed by atoms with Crippen LogP contribution in [0.4, 0.5) is 0 Å². The molecule has 0 radical (unpaired) electrons. The predicted octanol–water partition coefficient (Wildman–Crippen LogP) is 1.98. The molecule has 0 atom stereocenters. The van der Waals surface area contributed by atoms with E-state index >= 15 is 0 Å². The summed E-state index contributed by atoms with van der Waals surface area (Å²) in [6.07, 6.45) is 1.38. The minimum absolute atomic E-state index is 0.141. The third-order valence-electron chi connectivity index (χ3n) is 1.96. The highest BCUT2D eigenvalue weighted by atomic mass is 35.5. The molecule has 0 aliphatic rings. The van der Waals surface area contributed by atoms with Crippen LogP contribution in [0.15, 0.2) is 12.3 Å². The van der Waals surface area contributed by atoms with Gasteiger partial charge in [-0.3, -0.25) is 0 Å². The van der Waals surface area contributed by atoms with E-state index in [0.717, 1.165) is 4.80 Å². The van der Waals surface area contributed by atoms with Crippen molar-refractivity contribution in [1.82, 2.24) is 20.0 Å². The number of rotatable bonds is 2. The molecule has 2 rings (SSSR count). The molecule has 2 aromatic heterocycles. The highest BCUT2D eigenvalue weighted by Gasteiger charge is 2.16. The fourth-order valence-corrected chi connectivity index (χ4v) is 1.68. The van der Waals surface area contributed by atoms with Gasteiger partial charge in [0.1, 0.15) is 0 Å². The molecular weight excluding hydrogens is 267 g/mol. The first-order valence-corrected chi connectivity index (χ1v) is 5.23. The summed E-state index contributed by atoms with van der Waals surface area (Å²) in [4.78, 5) is 15.8. The lowest BCUT2D eigenvalue weighted by Crippen LogP contribution is -2.04. The van der Waals surface area contributed by atoms with Crippen molar-refractivity contribution in [3.05, 3.63) is 33.7 Å². The first-order valence-electron chi connectivity index (χ1n) is 4.47. The summed E-state index contributed by atoms with van der Waals surface area (Å²) in [5.41, 5.74) is 0.142. The number of aryl methyl sites for hydroxylation is 1. The van der Waals surface area contributed by atoms with Crippen molar-refractivity contribution >= 4 is 29.2 Å². The van der Waals surface area contributed by atoms with E-state index in [1.807, 2.05) is 0 Å². The van der Waals surface area contributed by atoms with E-state index in [1.165, 1.54) is 19.2 Å². The molecule has 6 nitrogen and oxygen atoms in total. The second-order valence-corrected chi connectivity index (χ2v) is 4.03. The van der Waals surface area contributed by atoms with Crippen molar-refractivity contribution in [2.75, 3.05) is 0 Å². The normalized spacial score (nSPS) is 10.5. The molecule has 0 saturated carbocycles. The van der Waals surface area contributed by atoms with Gasteiger partial charge in [0.15, 0.2) is 11.5 Å². The van der Waals surface area contributed by atoms with Crippen LogP contribution in [0.2, 0.25) is 10.0 Å². The van der Waals surface area contributed by atoms with E-state index in [1.54, 1.807) is 0 Å². The molecule has 0 bridgehead atoms. The van der Waals surface area contributed by atoms with Crippen molar-refractivity contribution in [2.45, 2.75) is 6.92 Å². The number of aromatic nitrogens is 4. The Morgan fingerprint density at radius 1 is 1.41 bits per heavy atom. The molecule has 0 amide bonds. The number of pyridine rings is 1. The predicted molar refractivity (Wildman–Crippen MR) is 60.9 cm³/mol. The highest BCUT2D eigenvalue weighted by Crippen LogP contribution is 2.21. The van der Waals surface area contributed by atoms with E-state index in [2.05, 4.69) is 15.2 Å². The maximum Gasteiger partial charge on any atom is 0.358 e. The van der Waals surface area contributed by atoms with Gasteiger partial charge in [-0.15, -0.1) is 9.90 Å². The van der Waals surface area contributed by atoms with E-state index < -0.39 is 5.97 Å². The number of halogens is 2. The Kier molecular flexibility index (Phi) is 2.99. The van der Waals surface area contributed by atoms with Crippen LogP contribution in [-0.2, 0) is 0 Å². The smallest absolute Gasteiger partial charge is 0.358 e. The number of hydrogen-bond acceptors (Lipinski definition) is 4. The zero-order valence-corrected chi connectivity index (χ0v) is 10.1. The summed E-state index contributed by atoms with van der Waals surface area (Å²) in [5.74, 6) is -0.925. The molecule has 0 aliphatic heterocycles. The standard InChI is InChI=1S/C9H6Cl2N4O2/c1-4-7(9(16)17)14-15(13-4)8-6(11)2-5(10)3-12-8/h2-3H,1H3,(H,16,17). The third-order valence-corrected chi connectivity index (χ3v) is 2.45. The molecule has 2 heterocycles. The molecule has 8 heteroatoms. The number of carbonyl (C=O) groups is 1. The molecule has 0 saturated heterocycles. The summed E-state index contributed by atoms with van der Waals surface area (Å²) < 4.78 is 0. The maximum atomic E-state index is 10.8. The average Bonchev–Trinajstić information content (AvgIpc) is 2.60. The van der Waals surface area contributed by atoms with Gasteiger partial charge in [0.05, 0.1) is 15.7 Å². The van der Waals surface area contributed by atoms with Crippen LogP contribution < -0.4 is 0 Å². The van der Waals surface area contributed by atoms with Crippen molar-refractivity contribution < 1.29 is 9.90 Å². The van der Waals surface area contributed by atoms with Gasteiger partial charge in [-0.2, -0.15) is 5.10 Å². The summed E-state index contributed by atoms with van der Waals surface area (Å²) >= 11 is 11.6. The number of carboxylic acids is 1. The number of nitrogens with zero attached hydrogens (tertiary/aromatic N) is 4. The lowest BCUT2D eigenvalue weighted by atomic mass is 10.4. The van der Waals surface area contributed by atoms with Gasteiger partial charge in [-0.25, -0.2) is 9.78 Å². The Bertz CT molecular complexity index is 597. The SMILES string of the molecule is Cc1nn(-c2ncc(Cl)cc2Cl)nc1C(=O)O. The van der Waals surface area contributed by atoms with Gasteiger partial charge in [-0.1, -0.05) is 23.2 Å². The van der Waals surface area contributed by atoms with E-state index in [-0.39, 0.29) is 22.2 Å². The fraction of sp³-hybridized carbons (Fsp3) is 0.111. The summed E-state index contributed by atoms with van der Waals surface area (Å²) in [5, 5.41) is 17.2. The monoisotopic (exact) mass is 272 g/mol. The van der Waals surface area contributed by atoms with Gasteiger partial charge in [0.25, 0.3) is 0 Å². The molecule has 0 fully saturated rings. The minimum Gasteiger partial charge on any atom is -0.476 e. The zero-order chi connectivity index (χ0) is 12.6. The van der Waals surface area contributed by atoms with Gasteiger partial charge >= 0.3 is 5.97 Å². The van der Waals surface area contributed by atoms with Gasteiger partial charge in [-0.05, 0) is 13.0 Å². The van der Waals surface area contributed by atoms with Crippen LogP contribution in [0.1, 0.15) is 16.2 Å². The Morgan fingerprint density at radius 2 is 2.12 bits per heavy atom. The third kappa shape index (κ3) is 2.22. The summed E-state index contributed by atoms with van der Waals surface area (Å²) in [6, 6.07) is 1.48. The molecule has 0 spiro atoms. The fourth-order valence-electron chi connectivity index (χ4n) is 1.23. The van der Waals surface area contributed by atoms with Gasteiger partial charge in [0.2, 0.25) is 0 Å². The van der Waals surface area contributed by atoms with Gasteiger partial charge < -0.3 is 5.11 Å². The number of carboxylic acid groups (broad SMARTS) is 1. The van der Waals surface area contributed by atoms with Crippen LogP contribution in [0.25, 0.3) is 5.82 Å². The van der Waals surface area contributed by atoms with Crippen LogP contribution in [0.3, 0.4) is 0 Å². The number of aromatic carboxylic acids is 1. The van der Waals surface area contributed by atoms with Crippen molar-refractivity contribution in [3.8, 4) is 5.82 Å². The van der Waals surface area contributed by atoms with E-state index in [4.69, 9.17) is 28.3 Å². The largest absolute Gasteiger partial charge is 0.476 e. The summed E-state index contributed by atoms with van der Waals surface area (Å²) in [7, 11) is 0. The zero-order valence-electron chi connectivity index (χ0n) is 8.55.